The van der Waals surface area contributed by atoms with E-state index in [0.29, 0.717) is 25.2 Å². The van der Waals surface area contributed by atoms with Gasteiger partial charge in [-0.1, -0.05) is 35.5 Å². The van der Waals surface area contributed by atoms with Gasteiger partial charge in [-0.3, -0.25) is 9.59 Å². The first-order valence-electron chi connectivity index (χ1n) is 8.50. The molecule has 2 amide bonds. The largest absolute Gasteiger partial charge is 0.343 e. The molecule has 1 aromatic heterocycles. The molecule has 7 heteroatoms. The van der Waals surface area contributed by atoms with Crippen molar-refractivity contribution in [3.63, 3.8) is 0 Å². The number of aryl methyl sites for hydroxylation is 1. The number of aromatic nitrogens is 3. The van der Waals surface area contributed by atoms with Gasteiger partial charge in [0.15, 0.2) is 5.69 Å². The molecule has 0 aliphatic carbocycles. The Bertz CT molecular complexity index is 735. The zero-order valence-electron chi connectivity index (χ0n) is 14.6. The van der Waals surface area contributed by atoms with Gasteiger partial charge in [-0.2, -0.15) is 0 Å². The minimum atomic E-state index is -0.167. The minimum absolute atomic E-state index is 0.106. The Kier molecular flexibility index (Phi) is 5.11. The van der Waals surface area contributed by atoms with Gasteiger partial charge in [0.2, 0.25) is 5.91 Å². The second kappa shape index (κ2) is 7.46. The molecule has 0 bridgehead atoms. The predicted octanol–water partition coefficient (Wildman–Crippen LogP) is 1.39. The molecule has 3 rings (SSSR count). The van der Waals surface area contributed by atoms with Crippen LogP contribution in [-0.2, 0) is 11.2 Å². The lowest BCUT2D eigenvalue weighted by Crippen LogP contribution is -2.50. The summed E-state index contributed by atoms with van der Waals surface area (Å²) in [6.45, 7) is 1.26. The van der Waals surface area contributed by atoms with Crippen LogP contribution in [0, 0.1) is 0 Å². The van der Waals surface area contributed by atoms with Crippen LogP contribution in [0.1, 0.15) is 34.9 Å². The summed E-state index contributed by atoms with van der Waals surface area (Å²) in [6, 6.07) is 10.3. The molecule has 1 aliphatic rings. The van der Waals surface area contributed by atoms with Crippen molar-refractivity contribution < 1.29 is 9.59 Å². The Morgan fingerprint density at radius 2 is 1.92 bits per heavy atom. The molecule has 1 saturated heterocycles. The van der Waals surface area contributed by atoms with Crippen molar-refractivity contribution in [2.75, 3.05) is 27.2 Å². The predicted molar refractivity (Wildman–Crippen MR) is 93.0 cm³/mol. The highest BCUT2D eigenvalue weighted by atomic mass is 16.2. The minimum Gasteiger partial charge on any atom is -0.343 e. The summed E-state index contributed by atoms with van der Waals surface area (Å²) in [5.74, 6) is 0.0105. The van der Waals surface area contributed by atoms with Crippen molar-refractivity contribution in [1.29, 1.82) is 0 Å². The third-order valence-corrected chi connectivity index (χ3v) is 4.42. The zero-order valence-corrected chi connectivity index (χ0v) is 14.6. The zero-order chi connectivity index (χ0) is 17.8. The van der Waals surface area contributed by atoms with Crippen molar-refractivity contribution in [2.24, 2.45) is 0 Å². The van der Waals surface area contributed by atoms with Crippen LogP contribution in [-0.4, -0.2) is 63.8 Å². The lowest BCUT2D eigenvalue weighted by atomic mass is 10.1. The van der Waals surface area contributed by atoms with Crippen molar-refractivity contribution in [1.82, 2.24) is 24.8 Å². The Balaban J connectivity index is 1.43. The molecule has 0 radical (unpaired) electrons. The van der Waals surface area contributed by atoms with Crippen LogP contribution in [0.15, 0.2) is 36.5 Å². The molecule has 0 saturated carbocycles. The first-order valence-corrected chi connectivity index (χ1v) is 8.50. The Hall–Kier alpha value is -2.70. The molecule has 2 heterocycles. The quantitative estimate of drug-likeness (QED) is 0.796. The summed E-state index contributed by atoms with van der Waals surface area (Å²) in [5.41, 5.74) is 1.59. The molecule has 0 atom stereocenters. The van der Waals surface area contributed by atoms with Gasteiger partial charge in [-0.25, -0.2) is 4.68 Å². The van der Waals surface area contributed by atoms with E-state index in [9.17, 15) is 9.59 Å². The van der Waals surface area contributed by atoms with Crippen LogP contribution in [0.2, 0.25) is 0 Å². The van der Waals surface area contributed by atoms with Crippen LogP contribution in [0.4, 0.5) is 0 Å². The number of amides is 2. The maximum atomic E-state index is 12.2. The standard InChI is InChI=1S/C18H23N5O2/c1-21(2)18(25)16-13-23(20-19-16)15-11-22(12-15)17(24)10-6-9-14-7-4-3-5-8-14/h3-5,7-8,13,15H,6,9-12H2,1-2H3. The monoisotopic (exact) mass is 341 g/mol. The summed E-state index contributed by atoms with van der Waals surface area (Å²) in [7, 11) is 3.36. The van der Waals surface area contributed by atoms with Crippen molar-refractivity contribution >= 4 is 11.8 Å². The molecule has 0 unspecified atom stereocenters. The van der Waals surface area contributed by atoms with Crippen LogP contribution in [0.5, 0.6) is 0 Å². The van der Waals surface area contributed by atoms with Gasteiger partial charge in [-0.05, 0) is 18.4 Å². The molecule has 0 spiro atoms. The molecule has 7 nitrogen and oxygen atoms in total. The van der Waals surface area contributed by atoms with E-state index in [-0.39, 0.29) is 17.9 Å². The van der Waals surface area contributed by atoms with Crippen molar-refractivity contribution in [3.05, 3.63) is 47.8 Å². The lowest BCUT2D eigenvalue weighted by Gasteiger charge is -2.39. The maximum absolute atomic E-state index is 12.2. The van der Waals surface area contributed by atoms with E-state index in [1.807, 2.05) is 23.1 Å². The number of hydrogen-bond acceptors (Lipinski definition) is 4. The van der Waals surface area contributed by atoms with Crippen molar-refractivity contribution in [2.45, 2.75) is 25.3 Å². The fourth-order valence-corrected chi connectivity index (χ4v) is 2.86. The highest BCUT2D eigenvalue weighted by Gasteiger charge is 2.32. The fraction of sp³-hybridized carbons (Fsp3) is 0.444. The first kappa shape index (κ1) is 17.1. The molecular formula is C18H23N5O2. The molecule has 132 valence electrons. The summed E-state index contributed by atoms with van der Waals surface area (Å²) in [4.78, 5) is 27.4. The van der Waals surface area contributed by atoms with Gasteiger partial charge in [0.25, 0.3) is 5.91 Å². The van der Waals surface area contributed by atoms with Gasteiger partial charge < -0.3 is 9.80 Å². The van der Waals surface area contributed by atoms with E-state index in [1.165, 1.54) is 10.5 Å². The summed E-state index contributed by atoms with van der Waals surface area (Å²) in [6.07, 6.45) is 3.99. The number of benzene rings is 1. The van der Waals surface area contributed by atoms with E-state index in [0.717, 1.165) is 12.8 Å². The van der Waals surface area contributed by atoms with Crippen LogP contribution in [0.3, 0.4) is 0 Å². The molecule has 25 heavy (non-hydrogen) atoms. The summed E-state index contributed by atoms with van der Waals surface area (Å²) < 4.78 is 1.69. The van der Waals surface area contributed by atoms with Gasteiger partial charge in [0.1, 0.15) is 0 Å². The number of hydrogen-bond donors (Lipinski definition) is 0. The number of rotatable bonds is 6. The first-order chi connectivity index (χ1) is 12.0. The second-order valence-electron chi connectivity index (χ2n) is 6.58. The topological polar surface area (TPSA) is 71.3 Å². The number of carbonyl (C=O) groups is 2. The van der Waals surface area contributed by atoms with E-state index < -0.39 is 0 Å². The van der Waals surface area contributed by atoms with Crippen LogP contribution in [0.25, 0.3) is 0 Å². The fourth-order valence-electron chi connectivity index (χ4n) is 2.86. The normalized spacial score (nSPS) is 14.2. The van der Waals surface area contributed by atoms with Crippen molar-refractivity contribution in [3.8, 4) is 0 Å². The van der Waals surface area contributed by atoms with E-state index in [1.54, 1.807) is 25.0 Å². The average Bonchev–Trinajstić information content (AvgIpc) is 3.03. The lowest BCUT2D eigenvalue weighted by molar-refractivity contribution is -0.137. The van der Waals surface area contributed by atoms with Gasteiger partial charge in [0.05, 0.1) is 12.2 Å². The molecule has 0 N–H and O–H groups in total. The third kappa shape index (κ3) is 4.04. The SMILES string of the molecule is CN(C)C(=O)c1cn(C2CN(C(=O)CCCc3ccccc3)C2)nn1. The van der Waals surface area contributed by atoms with Gasteiger partial charge in [-0.15, -0.1) is 5.10 Å². The van der Waals surface area contributed by atoms with E-state index in [4.69, 9.17) is 0 Å². The third-order valence-electron chi connectivity index (χ3n) is 4.42. The van der Waals surface area contributed by atoms with Gasteiger partial charge >= 0.3 is 0 Å². The van der Waals surface area contributed by atoms with Crippen LogP contribution >= 0.6 is 0 Å². The summed E-state index contributed by atoms with van der Waals surface area (Å²) >= 11 is 0. The number of likely N-dealkylation sites (tertiary alicyclic amines) is 1. The molecule has 1 fully saturated rings. The molecule has 1 aliphatic heterocycles. The highest BCUT2D eigenvalue weighted by Crippen LogP contribution is 2.22. The Morgan fingerprint density at radius 3 is 2.60 bits per heavy atom. The molecule has 2 aromatic rings. The Morgan fingerprint density at radius 1 is 1.20 bits per heavy atom. The number of nitrogens with zero attached hydrogens (tertiary/aromatic N) is 5. The van der Waals surface area contributed by atoms with Crippen LogP contribution < -0.4 is 0 Å². The second-order valence-corrected chi connectivity index (χ2v) is 6.58. The number of carbonyl (C=O) groups excluding carboxylic acids is 2. The summed E-state index contributed by atoms with van der Waals surface area (Å²) in [5, 5.41) is 7.93. The molecular weight excluding hydrogens is 318 g/mol. The smallest absolute Gasteiger partial charge is 0.275 e. The van der Waals surface area contributed by atoms with Gasteiger partial charge in [0, 0.05) is 33.6 Å². The van der Waals surface area contributed by atoms with E-state index in [2.05, 4.69) is 22.4 Å². The molecule has 1 aromatic carbocycles. The maximum Gasteiger partial charge on any atom is 0.275 e. The highest BCUT2D eigenvalue weighted by molar-refractivity contribution is 5.91. The Labute approximate surface area is 147 Å². The van der Waals surface area contributed by atoms with E-state index >= 15 is 0 Å². The average molecular weight is 341 g/mol.